The number of hydrogen-bond acceptors (Lipinski definition) is 5. The number of hydrogen-bond donors (Lipinski definition) is 1. The molecule has 1 fully saturated rings. The van der Waals surface area contributed by atoms with Gasteiger partial charge in [-0.2, -0.15) is 0 Å². The standard InChI is InChI=1S/C31H30FNO5.ClH/c1-23-21-28(12-13-30(23)38-22-31(34)35)37-18-14-29(26-8-10-27(32)11-9-26)25-6-4-24(5-7-25)3-2-15-33-16-19-36-20-17-33;/h4-14,21H,15-20,22H2,1H3,(H,34,35);1H/b29-14+;. The molecule has 6 nitrogen and oxygen atoms in total. The first kappa shape index (κ1) is 29.7. The largest absolute Gasteiger partial charge is 0.489 e. The molecule has 0 bridgehead atoms. The van der Waals surface area contributed by atoms with Gasteiger partial charge in [-0.25, -0.2) is 9.18 Å². The van der Waals surface area contributed by atoms with Crippen LogP contribution in [-0.4, -0.2) is 62.0 Å². The molecule has 0 atom stereocenters. The molecule has 1 heterocycles. The first-order valence-corrected chi connectivity index (χ1v) is 12.4. The molecule has 0 aromatic heterocycles. The summed E-state index contributed by atoms with van der Waals surface area (Å²) in [6.07, 6.45) is 1.95. The SMILES string of the molecule is Cc1cc(OC/C=C(/c2ccc(F)cc2)c2ccc(C#CCN3CCOCC3)cc2)ccc1OCC(=O)O.Cl. The van der Waals surface area contributed by atoms with Crippen LogP contribution in [0.5, 0.6) is 11.5 Å². The van der Waals surface area contributed by atoms with Gasteiger partial charge in [0.15, 0.2) is 6.61 Å². The molecule has 1 saturated heterocycles. The Labute approximate surface area is 234 Å². The average molecular weight is 552 g/mol. The lowest BCUT2D eigenvalue weighted by Gasteiger charge is -2.24. The van der Waals surface area contributed by atoms with Crippen molar-refractivity contribution in [3.05, 3.63) is 101 Å². The third kappa shape index (κ3) is 9.15. The topological polar surface area (TPSA) is 68.2 Å². The van der Waals surface area contributed by atoms with Crippen LogP contribution in [0.2, 0.25) is 0 Å². The Kier molecular flexibility index (Phi) is 11.4. The summed E-state index contributed by atoms with van der Waals surface area (Å²) < 4.78 is 30.2. The summed E-state index contributed by atoms with van der Waals surface area (Å²) in [6, 6.07) is 19.6. The van der Waals surface area contributed by atoms with Gasteiger partial charge in [0.05, 0.1) is 19.8 Å². The molecule has 0 amide bonds. The fourth-order valence-electron chi connectivity index (χ4n) is 4.01. The maximum Gasteiger partial charge on any atom is 0.341 e. The number of halogens is 2. The van der Waals surface area contributed by atoms with Gasteiger partial charge >= 0.3 is 5.97 Å². The van der Waals surface area contributed by atoms with Gasteiger partial charge in [-0.05, 0) is 77.7 Å². The van der Waals surface area contributed by atoms with Crippen molar-refractivity contribution in [1.29, 1.82) is 0 Å². The Bertz CT molecular complexity index is 1320. The molecule has 0 spiro atoms. The van der Waals surface area contributed by atoms with Crippen molar-refractivity contribution in [1.82, 2.24) is 4.90 Å². The van der Waals surface area contributed by atoms with E-state index in [4.69, 9.17) is 19.3 Å². The van der Waals surface area contributed by atoms with Crippen molar-refractivity contribution in [2.45, 2.75) is 6.92 Å². The minimum absolute atomic E-state index is 0. The Morgan fingerprint density at radius 3 is 2.33 bits per heavy atom. The average Bonchev–Trinajstić information content (AvgIpc) is 2.92. The molecular formula is C31H31ClFNO5. The molecule has 1 aliphatic heterocycles. The lowest BCUT2D eigenvalue weighted by molar-refractivity contribution is -0.139. The minimum Gasteiger partial charge on any atom is -0.489 e. The van der Waals surface area contributed by atoms with E-state index < -0.39 is 12.6 Å². The van der Waals surface area contributed by atoms with Gasteiger partial charge in [0.2, 0.25) is 0 Å². The van der Waals surface area contributed by atoms with E-state index in [-0.39, 0.29) is 24.8 Å². The number of carboxylic acids is 1. The third-order valence-electron chi connectivity index (χ3n) is 6.03. The molecule has 8 heteroatoms. The van der Waals surface area contributed by atoms with Crippen LogP contribution < -0.4 is 9.47 Å². The Hall–Kier alpha value is -3.83. The van der Waals surface area contributed by atoms with Crippen molar-refractivity contribution in [2.75, 3.05) is 46.1 Å². The summed E-state index contributed by atoms with van der Waals surface area (Å²) in [5.41, 5.74) is 4.45. The number of carboxylic acid groups (broad SMARTS) is 1. The maximum atomic E-state index is 13.6. The van der Waals surface area contributed by atoms with Gasteiger partial charge in [0.25, 0.3) is 0 Å². The monoisotopic (exact) mass is 551 g/mol. The van der Waals surface area contributed by atoms with Crippen molar-refractivity contribution < 1.29 is 28.5 Å². The predicted molar refractivity (Wildman–Crippen MR) is 151 cm³/mol. The summed E-state index contributed by atoms with van der Waals surface area (Å²) >= 11 is 0. The summed E-state index contributed by atoms with van der Waals surface area (Å²) in [4.78, 5) is 13.0. The van der Waals surface area contributed by atoms with Gasteiger partial charge in [-0.3, -0.25) is 4.90 Å². The molecule has 1 N–H and O–H groups in total. The Morgan fingerprint density at radius 2 is 1.69 bits per heavy atom. The molecule has 0 saturated carbocycles. The lowest BCUT2D eigenvalue weighted by atomic mass is 9.96. The van der Waals surface area contributed by atoms with Gasteiger partial charge in [0.1, 0.15) is 23.9 Å². The highest BCUT2D eigenvalue weighted by Crippen LogP contribution is 2.26. The quantitative estimate of drug-likeness (QED) is 0.368. The van der Waals surface area contributed by atoms with E-state index in [2.05, 4.69) is 16.7 Å². The van der Waals surface area contributed by atoms with Gasteiger partial charge in [-0.15, -0.1) is 12.4 Å². The van der Waals surface area contributed by atoms with Crippen molar-refractivity contribution in [2.24, 2.45) is 0 Å². The minimum atomic E-state index is -1.03. The van der Waals surface area contributed by atoms with Crippen LogP contribution in [0.25, 0.3) is 5.57 Å². The van der Waals surface area contributed by atoms with E-state index in [9.17, 15) is 9.18 Å². The zero-order valence-corrected chi connectivity index (χ0v) is 22.5. The number of aliphatic carboxylic acids is 1. The molecule has 3 aromatic rings. The van der Waals surface area contributed by atoms with Crippen molar-refractivity contribution in [3.8, 4) is 23.3 Å². The molecule has 0 aliphatic carbocycles. The van der Waals surface area contributed by atoms with E-state index in [0.717, 1.165) is 60.7 Å². The third-order valence-corrected chi connectivity index (χ3v) is 6.03. The zero-order chi connectivity index (χ0) is 26.7. The number of nitrogens with zero attached hydrogens (tertiary/aromatic N) is 1. The maximum absolute atomic E-state index is 13.6. The number of benzene rings is 3. The van der Waals surface area contributed by atoms with Crippen LogP contribution in [0, 0.1) is 24.6 Å². The molecular weight excluding hydrogens is 521 g/mol. The number of carbonyl (C=O) groups is 1. The van der Waals surface area contributed by atoms with Gasteiger partial charge in [-0.1, -0.05) is 36.1 Å². The van der Waals surface area contributed by atoms with Crippen LogP contribution in [0.1, 0.15) is 22.3 Å². The van der Waals surface area contributed by atoms with Gasteiger partial charge < -0.3 is 19.3 Å². The molecule has 1 aliphatic rings. The van der Waals surface area contributed by atoms with Crippen LogP contribution in [-0.2, 0) is 9.53 Å². The van der Waals surface area contributed by atoms with E-state index >= 15 is 0 Å². The lowest BCUT2D eigenvalue weighted by Crippen LogP contribution is -2.36. The Balaban J connectivity index is 0.00000420. The summed E-state index contributed by atoms with van der Waals surface area (Å²) in [5.74, 6) is 6.26. The second kappa shape index (κ2) is 14.9. The van der Waals surface area contributed by atoms with Crippen LogP contribution in [0.3, 0.4) is 0 Å². The van der Waals surface area contributed by atoms with Crippen LogP contribution in [0.15, 0.2) is 72.8 Å². The highest BCUT2D eigenvalue weighted by molar-refractivity contribution is 5.85. The van der Waals surface area contributed by atoms with Crippen LogP contribution in [0.4, 0.5) is 4.39 Å². The van der Waals surface area contributed by atoms with E-state index in [1.807, 2.05) is 37.3 Å². The van der Waals surface area contributed by atoms with E-state index in [1.54, 1.807) is 30.3 Å². The number of morpholine rings is 1. The second-order valence-corrected chi connectivity index (χ2v) is 8.81. The summed E-state index contributed by atoms with van der Waals surface area (Å²) in [7, 11) is 0. The Morgan fingerprint density at radius 1 is 1.03 bits per heavy atom. The number of ether oxygens (including phenoxy) is 3. The fraction of sp³-hybridized carbons (Fsp3) is 0.258. The summed E-state index contributed by atoms with van der Waals surface area (Å²) in [5, 5.41) is 8.80. The first-order chi connectivity index (χ1) is 18.5. The van der Waals surface area contributed by atoms with E-state index in [1.165, 1.54) is 12.1 Å². The second-order valence-electron chi connectivity index (χ2n) is 8.81. The highest BCUT2D eigenvalue weighted by Gasteiger charge is 2.09. The molecule has 39 heavy (non-hydrogen) atoms. The molecule has 0 radical (unpaired) electrons. The van der Waals surface area contributed by atoms with Crippen molar-refractivity contribution >= 4 is 23.9 Å². The predicted octanol–water partition coefficient (Wildman–Crippen LogP) is 5.21. The number of rotatable bonds is 9. The van der Waals surface area contributed by atoms with Crippen molar-refractivity contribution in [3.63, 3.8) is 0 Å². The smallest absolute Gasteiger partial charge is 0.341 e. The van der Waals surface area contributed by atoms with Gasteiger partial charge in [0, 0.05) is 18.7 Å². The number of aryl methyl sites for hydroxylation is 1. The molecule has 0 unspecified atom stereocenters. The van der Waals surface area contributed by atoms with E-state index in [0.29, 0.717) is 11.5 Å². The summed E-state index contributed by atoms with van der Waals surface area (Å²) in [6.45, 7) is 5.75. The zero-order valence-electron chi connectivity index (χ0n) is 21.7. The highest BCUT2D eigenvalue weighted by atomic mass is 35.5. The first-order valence-electron chi connectivity index (χ1n) is 12.4. The molecule has 204 valence electrons. The van der Waals surface area contributed by atoms with Crippen LogP contribution >= 0.6 is 12.4 Å². The fourth-order valence-corrected chi connectivity index (χ4v) is 4.01. The molecule has 3 aromatic carbocycles. The normalized spacial score (nSPS) is 13.5. The molecule has 4 rings (SSSR count).